The first-order valence-electron chi connectivity index (χ1n) is 10.6. The fourth-order valence-corrected chi connectivity index (χ4v) is 3.80. The number of halogens is 1. The summed E-state index contributed by atoms with van der Waals surface area (Å²) in [5, 5.41) is 2.79. The molecule has 0 bridgehead atoms. The quantitative estimate of drug-likeness (QED) is 0.618. The number of anilines is 2. The third-order valence-corrected chi connectivity index (χ3v) is 5.39. The number of hydrogen-bond acceptors (Lipinski definition) is 5. The number of carbonyl (C=O) groups is 1. The second kappa shape index (κ2) is 9.78. The monoisotopic (exact) mass is 435 g/mol. The van der Waals surface area contributed by atoms with Crippen molar-refractivity contribution in [1.29, 1.82) is 0 Å². The van der Waals surface area contributed by atoms with E-state index in [2.05, 4.69) is 10.3 Å². The first-order valence-corrected chi connectivity index (χ1v) is 10.6. The minimum absolute atomic E-state index is 0.298. The third kappa shape index (κ3) is 5.06. The molecule has 4 rings (SSSR count). The summed E-state index contributed by atoms with van der Waals surface area (Å²) in [6, 6.07) is 12.1. The molecule has 7 heteroatoms. The number of aryl methyl sites for hydroxylation is 2. The van der Waals surface area contributed by atoms with Gasteiger partial charge in [-0.05, 0) is 61.4 Å². The highest BCUT2D eigenvalue weighted by molar-refractivity contribution is 6.04. The number of aromatic nitrogens is 1. The highest BCUT2D eigenvalue weighted by atomic mass is 19.1. The van der Waals surface area contributed by atoms with Crippen molar-refractivity contribution >= 4 is 17.3 Å². The number of amides is 1. The molecule has 1 amide bonds. The molecule has 1 aliphatic rings. The molecular weight excluding hydrogens is 409 g/mol. The molecule has 1 saturated heterocycles. The number of morpholine rings is 1. The highest BCUT2D eigenvalue weighted by Gasteiger charge is 2.17. The smallest absolute Gasteiger partial charge is 0.255 e. The van der Waals surface area contributed by atoms with Gasteiger partial charge >= 0.3 is 0 Å². The van der Waals surface area contributed by atoms with Gasteiger partial charge in [0.15, 0.2) is 0 Å². The molecule has 0 unspecified atom stereocenters. The summed E-state index contributed by atoms with van der Waals surface area (Å²) in [5.41, 5.74) is 4.10. The van der Waals surface area contributed by atoms with E-state index in [0.717, 1.165) is 22.4 Å². The predicted molar refractivity (Wildman–Crippen MR) is 122 cm³/mol. The van der Waals surface area contributed by atoms with E-state index in [4.69, 9.17) is 9.47 Å². The van der Waals surface area contributed by atoms with Crippen molar-refractivity contribution < 1.29 is 18.7 Å². The van der Waals surface area contributed by atoms with Crippen molar-refractivity contribution in [3.63, 3.8) is 0 Å². The molecule has 0 atom stereocenters. The first-order chi connectivity index (χ1) is 15.5. The van der Waals surface area contributed by atoms with Crippen LogP contribution in [0.15, 0.2) is 54.9 Å². The van der Waals surface area contributed by atoms with Crippen molar-refractivity contribution in [1.82, 2.24) is 4.98 Å². The summed E-state index contributed by atoms with van der Waals surface area (Å²) < 4.78 is 25.9. The number of nitrogens with one attached hydrogen (secondary N) is 1. The normalized spacial score (nSPS) is 13.7. The Morgan fingerprint density at radius 1 is 1.16 bits per heavy atom. The lowest BCUT2D eigenvalue weighted by Crippen LogP contribution is -2.36. The van der Waals surface area contributed by atoms with Gasteiger partial charge in [0.1, 0.15) is 18.2 Å². The Hall–Kier alpha value is -3.45. The SMILES string of the molecule is Cc1cc(C(=O)Nc2ccc(N3CCOCC3)c(F)c2)cc(C)c1OCc1cccnc1. The van der Waals surface area contributed by atoms with Crippen LogP contribution in [0.4, 0.5) is 15.8 Å². The van der Waals surface area contributed by atoms with Crippen molar-refractivity contribution in [3.8, 4) is 5.75 Å². The van der Waals surface area contributed by atoms with Crippen LogP contribution in [0.2, 0.25) is 0 Å². The number of benzene rings is 2. The lowest BCUT2D eigenvalue weighted by atomic mass is 10.0. The number of ether oxygens (including phenoxy) is 2. The van der Waals surface area contributed by atoms with Gasteiger partial charge in [-0.25, -0.2) is 4.39 Å². The molecule has 1 N–H and O–H groups in total. The molecule has 0 saturated carbocycles. The Morgan fingerprint density at radius 3 is 2.56 bits per heavy atom. The van der Waals surface area contributed by atoms with E-state index in [0.29, 0.717) is 49.8 Å². The molecule has 0 spiro atoms. The maximum absolute atomic E-state index is 14.6. The van der Waals surface area contributed by atoms with Crippen molar-refractivity contribution in [2.45, 2.75) is 20.5 Å². The molecule has 32 heavy (non-hydrogen) atoms. The molecule has 1 fully saturated rings. The standard InChI is InChI=1S/C25H26FN3O3/c1-17-12-20(13-18(2)24(17)32-16-19-4-3-7-27-15-19)25(30)28-21-5-6-23(22(26)14-21)29-8-10-31-11-9-29/h3-7,12-15H,8-11,16H2,1-2H3,(H,28,30). The Balaban J connectivity index is 1.44. The van der Waals surface area contributed by atoms with E-state index in [-0.39, 0.29) is 11.7 Å². The lowest BCUT2D eigenvalue weighted by Gasteiger charge is -2.29. The second-order valence-electron chi connectivity index (χ2n) is 7.81. The Kier molecular flexibility index (Phi) is 6.66. The minimum atomic E-state index is -0.365. The summed E-state index contributed by atoms with van der Waals surface area (Å²) >= 11 is 0. The molecule has 3 aromatic rings. The van der Waals surface area contributed by atoms with Crippen LogP contribution in [0.1, 0.15) is 27.0 Å². The minimum Gasteiger partial charge on any atom is -0.488 e. The van der Waals surface area contributed by atoms with Crippen LogP contribution in [0.25, 0.3) is 0 Å². The van der Waals surface area contributed by atoms with Gasteiger partial charge in [-0.1, -0.05) is 6.07 Å². The van der Waals surface area contributed by atoms with Gasteiger partial charge < -0.3 is 19.7 Å². The zero-order chi connectivity index (χ0) is 22.5. The molecule has 1 aliphatic heterocycles. The van der Waals surface area contributed by atoms with Gasteiger partial charge in [0.25, 0.3) is 5.91 Å². The molecule has 0 aliphatic carbocycles. The molecule has 1 aromatic heterocycles. The van der Waals surface area contributed by atoms with Crippen LogP contribution in [-0.2, 0) is 11.3 Å². The summed E-state index contributed by atoms with van der Waals surface area (Å²) in [6.07, 6.45) is 3.48. The van der Waals surface area contributed by atoms with E-state index >= 15 is 0 Å². The Morgan fingerprint density at radius 2 is 1.91 bits per heavy atom. The number of nitrogens with zero attached hydrogens (tertiary/aromatic N) is 2. The Labute approximate surface area is 187 Å². The maximum Gasteiger partial charge on any atom is 0.255 e. The molecule has 166 valence electrons. The van der Waals surface area contributed by atoms with Crippen LogP contribution in [0.5, 0.6) is 5.75 Å². The van der Waals surface area contributed by atoms with Gasteiger partial charge in [0.05, 0.1) is 18.9 Å². The Bertz CT molecular complexity index is 1080. The molecular formula is C25H26FN3O3. The number of rotatable bonds is 6. The fraction of sp³-hybridized carbons (Fsp3) is 0.280. The topological polar surface area (TPSA) is 63.7 Å². The van der Waals surface area contributed by atoms with Gasteiger partial charge in [0.2, 0.25) is 0 Å². The number of hydrogen-bond donors (Lipinski definition) is 1. The molecule has 6 nitrogen and oxygen atoms in total. The van der Waals surface area contributed by atoms with Crippen LogP contribution in [0.3, 0.4) is 0 Å². The van der Waals surface area contributed by atoms with E-state index in [1.54, 1.807) is 36.7 Å². The van der Waals surface area contributed by atoms with Gasteiger partial charge in [-0.3, -0.25) is 9.78 Å². The van der Waals surface area contributed by atoms with Gasteiger partial charge in [-0.15, -0.1) is 0 Å². The van der Waals surface area contributed by atoms with Crippen molar-refractivity contribution in [2.24, 2.45) is 0 Å². The van der Waals surface area contributed by atoms with Gasteiger partial charge in [-0.2, -0.15) is 0 Å². The van der Waals surface area contributed by atoms with Crippen LogP contribution < -0.4 is 15.0 Å². The van der Waals surface area contributed by atoms with E-state index in [1.165, 1.54) is 6.07 Å². The van der Waals surface area contributed by atoms with Crippen LogP contribution >= 0.6 is 0 Å². The van der Waals surface area contributed by atoms with Crippen LogP contribution in [-0.4, -0.2) is 37.2 Å². The summed E-state index contributed by atoms with van der Waals surface area (Å²) in [7, 11) is 0. The number of carbonyl (C=O) groups excluding carboxylic acids is 1. The average molecular weight is 435 g/mol. The molecule has 2 aromatic carbocycles. The van der Waals surface area contributed by atoms with Crippen molar-refractivity contribution in [2.75, 3.05) is 36.5 Å². The largest absolute Gasteiger partial charge is 0.488 e. The number of pyridine rings is 1. The van der Waals surface area contributed by atoms with Crippen molar-refractivity contribution in [3.05, 3.63) is 82.9 Å². The summed E-state index contributed by atoms with van der Waals surface area (Å²) in [4.78, 5) is 18.8. The predicted octanol–water partition coefficient (Wildman–Crippen LogP) is 4.51. The third-order valence-electron chi connectivity index (χ3n) is 5.39. The van der Waals surface area contributed by atoms with E-state index in [9.17, 15) is 9.18 Å². The van der Waals surface area contributed by atoms with Gasteiger partial charge in [0, 0.05) is 42.3 Å². The van der Waals surface area contributed by atoms with E-state index in [1.807, 2.05) is 30.9 Å². The van der Waals surface area contributed by atoms with E-state index < -0.39 is 0 Å². The van der Waals surface area contributed by atoms with Crippen LogP contribution in [0, 0.1) is 19.7 Å². The summed E-state index contributed by atoms with van der Waals surface area (Å²) in [5.74, 6) is 0.0797. The first kappa shape index (κ1) is 21.8. The lowest BCUT2D eigenvalue weighted by molar-refractivity contribution is 0.102. The molecule has 2 heterocycles. The maximum atomic E-state index is 14.6. The second-order valence-corrected chi connectivity index (χ2v) is 7.81. The average Bonchev–Trinajstić information content (AvgIpc) is 2.80. The fourth-order valence-electron chi connectivity index (χ4n) is 3.80. The zero-order valence-corrected chi connectivity index (χ0v) is 18.2. The highest BCUT2D eigenvalue weighted by Crippen LogP contribution is 2.27. The summed E-state index contributed by atoms with van der Waals surface area (Å²) in [6.45, 7) is 6.66. The molecule has 0 radical (unpaired) electrons. The zero-order valence-electron chi connectivity index (χ0n) is 18.2.